The zero-order valence-corrected chi connectivity index (χ0v) is 26.3. The smallest absolute Gasteiger partial charge is 0.271 e. The number of Topliss-reactive ketones (excluding diaryl/α,β-unsaturated/α-hetero) is 1. The number of aryl methyl sites for hydroxylation is 3. The van der Waals surface area contributed by atoms with E-state index in [1.54, 1.807) is 22.7 Å². The van der Waals surface area contributed by atoms with Crippen LogP contribution in [0.15, 0.2) is 82.2 Å². The predicted octanol–water partition coefficient (Wildman–Crippen LogP) is 8.06. The Balaban J connectivity index is 1.70. The predicted molar refractivity (Wildman–Crippen MR) is 172 cm³/mol. The molecule has 0 radical (unpaired) electrons. The van der Waals surface area contributed by atoms with Crippen molar-refractivity contribution in [2.75, 3.05) is 4.90 Å². The minimum atomic E-state index is -0.623. The van der Waals surface area contributed by atoms with Crippen LogP contribution in [0, 0.1) is 54.6 Å². The van der Waals surface area contributed by atoms with Crippen molar-refractivity contribution in [2.24, 2.45) is 11.1 Å². The molecule has 0 saturated carbocycles. The van der Waals surface area contributed by atoms with Crippen LogP contribution in [0.4, 0.5) is 11.4 Å². The molecule has 0 spiro atoms. The summed E-state index contributed by atoms with van der Waals surface area (Å²) in [5.74, 6) is 0.295. The van der Waals surface area contributed by atoms with E-state index in [0.29, 0.717) is 29.8 Å². The van der Waals surface area contributed by atoms with Crippen LogP contribution in [0.3, 0.4) is 0 Å². The molecule has 2 aliphatic rings. The highest BCUT2D eigenvalue weighted by molar-refractivity contribution is 7.98. The molecule has 5 rings (SSSR count). The second kappa shape index (κ2) is 11.4. The van der Waals surface area contributed by atoms with Crippen LogP contribution in [-0.2, 0) is 10.5 Å². The maximum Gasteiger partial charge on any atom is 0.271 e. The lowest BCUT2D eigenvalue weighted by Crippen LogP contribution is -2.42. The normalized spacial score (nSPS) is 18.0. The fourth-order valence-electron chi connectivity index (χ4n) is 6.26. The van der Waals surface area contributed by atoms with E-state index in [-0.39, 0.29) is 28.3 Å². The number of nitrogens with two attached hydrogens (primary N) is 1. The highest BCUT2D eigenvalue weighted by Crippen LogP contribution is 2.51. The lowest BCUT2D eigenvalue weighted by atomic mass is 9.68. The average molecular weight is 593 g/mol. The summed E-state index contributed by atoms with van der Waals surface area (Å²) < 4.78 is 0. The molecule has 3 aromatic carbocycles. The highest BCUT2D eigenvalue weighted by atomic mass is 32.2. The Kier molecular flexibility index (Phi) is 7.97. The Bertz CT molecular complexity index is 1760. The Morgan fingerprint density at radius 3 is 2.40 bits per heavy atom. The molecule has 0 aromatic heterocycles. The monoisotopic (exact) mass is 592 g/mol. The quantitative estimate of drug-likeness (QED) is 0.175. The van der Waals surface area contributed by atoms with Gasteiger partial charge in [-0.3, -0.25) is 19.8 Å². The number of hydrogen-bond donors (Lipinski definition) is 1. The first-order valence-electron chi connectivity index (χ1n) is 14.3. The first-order chi connectivity index (χ1) is 20.3. The van der Waals surface area contributed by atoms with E-state index in [9.17, 15) is 20.2 Å². The highest BCUT2D eigenvalue weighted by Gasteiger charge is 2.45. The summed E-state index contributed by atoms with van der Waals surface area (Å²) in [6.07, 6.45) is 0.872. The van der Waals surface area contributed by atoms with Gasteiger partial charge < -0.3 is 5.73 Å². The molecular formula is C35H36N4O3S. The van der Waals surface area contributed by atoms with Gasteiger partial charge in [-0.25, -0.2) is 0 Å². The third kappa shape index (κ3) is 5.70. The molecule has 1 aliphatic carbocycles. The number of rotatable bonds is 6. The van der Waals surface area contributed by atoms with Gasteiger partial charge >= 0.3 is 0 Å². The SMILES string of the molecule is Cc1ccc(SCc2cc(C)cc(C3C(C#N)=C(N)N(c4cc([N+](=O)[O-])ccc4C)C4=C3C(=O)CC(C)(C)C4)c2C)cc1. The van der Waals surface area contributed by atoms with Gasteiger partial charge in [-0.05, 0) is 73.9 Å². The molecule has 0 fully saturated rings. The van der Waals surface area contributed by atoms with Crippen LogP contribution < -0.4 is 10.6 Å². The number of nitriles is 1. The summed E-state index contributed by atoms with van der Waals surface area (Å²) in [5.41, 5.74) is 14.6. The van der Waals surface area contributed by atoms with E-state index >= 15 is 0 Å². The zero-order chi connectivity index (χ0) is 31.2. The topological polar surface area (TPSA) is 113 Å². The average Bonchev–Trinajstić information content (AvgIpc) is 2.93. The summed E-state index contributed by atoms with van der Waals surface area (Å²) in [5, 5.41) is 22.3. The van der Waals surface area contributed by atoms with Gasteiger partial charge in [0.15, 0.2) is 5.78 Å². The van der Waals surface area contributed by atoms with Crippen LogP contribution in [0.5, 0.6) is 0 Å². The Labute approximate surface area is 257 Å². The Hall–Kier alpha value is -4.35. The number of nitrogens with zero attached hydrogens (tertiary/aromatic N) is 3. The molecule has 7 nitrogen and oxygen atoms in total. The number of allylic oxidation sites excluding steroid dienone is 3. The molecule has 1 aliphatic heterocycles. The van der Waals surface area contributed by atoms with Crippen LogP contribution >= 0.6 is 11.8 Å². The van der Waals surface area contributed by atoms with Gasteiger partial charge in [-0.2, -0.15) is 5.26 Å². The summed E-state index contributed by atoms with van der Waals surface area (Å²) in [7, 11) is 0. The standard InChI is InChI=1S/C35H36N4O3S/c1-20-7-11-26(12-8-20)43-19-24-13-21(2)14-27(23(24)4)32-28(18-36)34(37)38(29-15-25(39(41)42)10-9-22(29)3)30-16-35(5,6)17-31(40)33(30)32/h7-15,32H,16-17,19,37H2,1-6H3. The van der Waals surface area contributed by atoms with E-state index in [1.165, 1.54) is 22.6 Å². The fourth-order valence-corrected chi connectivity index (χ4v) is 7.21. The van der Waals surface area contributed by atoms with E-state index < -0.39 is 10.8 Å². The molecule has 1 unspecified atom stereocenters. The van der Waals surface area contributed by atoms with Gasteiger partial charge in [-0.1, -0.05) is 55.3 Å². The van der Waals surface area contributed by atoms with Gasteiger partial charge in [0.05, 0.1) is 28.2 Å². The van der Waals surface area contributed by atoms with Crippen molar-refractivity contribution in [1.29, 1.82) is 5.26 Å². The van der Waals surface area contributed by atoms with Gasteiger partial charge in [0.1, 0.15) is 5.82 Å². The second-order valence-electron chi connectivity index (χ2n) is 12.4. The lowest BCUT2D eigenvalue weighted by molar-refractivity contribution is -0.384. The number of non-ortho nitro benzene ring substituents is 1. The number of carbonyl (C=O) groups excluding carboxylic acids is 1. The number of thioether (sulfide) groups is 1. The molecule has 220 valence electrons. The van der Waals surface area contributed by atoms with E-state index in [2.05, 4.69) is 56.3 Å². The maximum atomic E-state index is 14.1. The number of ketones is 1. The minimum absolute atomic E-state index is 0.0268. The first-order valence-corrected chi connectivity index (χ1v) is 15.3. The summed E-state index contributed by atoms with van der Waals surface area (Å²) in [6, 6.07) is 19.6. The summed E-state index contributed by atoms with van der Waals surface area (Å²) >= 11 is 1.75. The van der Waals surface area contributed by atoms with Crippen molar-refractivity contribution < 1.29 is 9.72 Å². The van der Waals surface area contributed by atoms with Crippen LogP contribution in [0.25, 0.3) is 0 Å². The van der Waals surface area contributed by atoms with Crippen LogP contribution in [-0.4, -0.2) is 10.7 Å². The molecule has 43 heavy (non-hydrogen) atoms. The molecule has 1 atom stereocenters. The van der Waals surface area contributed by atoms with Crippen molar-refractivity contribution in [1.82, 2.24) is 0 Å². The number of carbonyl (C=O) groups is 1. The third-order valence-electron chi connectivity index (χ3n) is 8.45. The summed E-state index contributed by atoms with van der Waals surface area (Å²) in [4.78, 5) is 28.2. The number of nitro benzene ring substituents is 1. The Morgan fingerprint density at radius 1 is 1.05 bits per heavy atom. The largest absolute Gasteiger partial charge is 0.384 e. The molecule has 8 heteroatoms. The number of anilines is 1. The van der Waals surface area contributed by atoms with E-state index in [0.717, 1.165) is 33.6 Å². The third-order valence-corrected chi connectivity index (χ3v) is 9.51. The molecule has 0 saturated heterocycles. The van der Waals surface area contributed by atoms with Crippen LogP contribution in [0.2, 0.25) is 0 Å². The summed E-state index contributed by atoms with van der Waals surface area (Å²) in [6.45, 7) is 12.1. The van der Waals surface area contributed by atoms with Crippen molar-refractivity contribution in [2.45, 2.75) is 71.0 Å². The molecule has 0 bridgehead atoms. The number of nitro groups is 1. The Morgan fingerprint density at radius 2 is 1.74 bits per heavy atom. The molecule has 2 N–H and O–H groups in total. The van der Waals surface area contributed by atoms with Gasteiger partial charge in [0, 0.05) is 40.5 Å². The van der Waals surface area contributed by atoms with Crippen LogP contribution in [0.1, 0.15) is 66.0 Å². The number of hydrogen-bond acceptors (Lipinski definition) is 7. The molecular weight excluding hydrogens is 556 g/mol. The van der Waals surface area contributed by atoms with Crippen molar-refractivity contribution in [3.63, 3.8) is 0 Å². The van der Waals surface area contributed by atoms with Crippen molar-refractivity contribution in [3.05, 3.63) is 121 Å². The van der Waals surface area contributed by atoms with Crippen molar-refractivity contribution in [3.8, 4) is 6.07 Å². The van der Waals surface area contributed by atoms with Gasteiger partial charge in [-0.15, -0.1) is 11.8 Å². The molecule has 3 aromatic rings. The van der Waals surface area contributed by atoms with E-state index in [1.807, 2.05) is 27.7 Å². The maximum absolute atomic E-state index is 14.1. The number of benzene rings is 3. The minimum Gasteiger partial charge on any atom is -0.384 e. The first kappa shape index (κ1) is 30.1. The zero-order valence-electron chi connectivity index (χ0n) is 25.4. The fraction of sp³-hybridized carbons (Fsp3) is 0.314. The molecule has 1 heterocycles. The van der Waals surface area contributed by atoms with Crippen molar-refractivity contribution >= 4 is 28.9 Å². The molecule has 0 amide bonds. The second-order valence-corrected chi connectivity index (χ2v) is 13.5. The van der Waals surface area contributed by atoms with E-state index in [4.69, 9.17) is 5.73 Å². The van der Waals surface area contributed by atoms with Gasteiger partial charge in [0.2, 0.25) is 0 Å². The van der Waals surface area contributed by atoms with Gasteiger partial charge in [0.25, 0.3) is 5.69 Å². The lowest BCUT2D eigenvalue weighted by Gasteiger charge is -2.44.